The van der Waals surface area contributed by atoms with E-state index in [9.17, 15) is 26.7 Å². The Morgan fingerprint density at radius 3 is 1.71 bits per heavy atom. The fourth-order valence-electron chi connectivity index (χ4n) is 1.90. The molecule has 0 atom stereocenters. The molecular weight excluding hydrogens is 291 g/mol. The lowest BCUT2D eigenvalue weighted by atomic mass is 9.94. The second kappa shape index (κ2) is 5.27. The van der Waals surface area contributed by atoms with E-state index >= 15 is 0 Å². The number of ketones is 1. The molecule has 2 aromatic rings. The van der Waals surface area contributed by atoms with Gasteiger partial charge in [-0.25, -0.2) is 0 Å². The summed E-state index contributed by atoms with van der Waals surface area (Å²) in [5, 5.41) is 0. The molecule has 0 radical (unpaired) electrons. The number of halogens is 5. The molecule has 0 bridgehead atoms. The maximum absolute atomic E-state index is 14.2. The summed E-state index contributed by atoms with van der Waals surface area (Å²) in [5.41, 5.74) is -3.20. The van der Waals surface area contributed by atoms with Gasteiger partial charge in [-0.3, -0.25) is 4.79 Å². The summed E-state index contributed by atoms with van der Waals surface area (Å²) in [6.45, 7) is 0. The molecule has 0 saturated heterocycles. The highest BCUT2D eigenvalue weighted by Gasteiger charge is 2.47. The van der Waals surface area contributed by atoms with E-state index in [0.29, 0.717) is 12.1 Å². The first-order valence-corrected chi connectivity index (χ1v) is 5.89. The molecule has 1 nitrogen and oxygen atoms in total. The van der Waals surface area contributed by atoms with Crippen molar-refractivity contribution in [2.24, 2.45) is 0 Å². The summed E-state index contributed by atoms with van der Waals surface area (Å²) in [4.78, 5) is 11.8. The number of hydrogen-bond donors (Lipinski definition) is 0. The number of carbonyl (C=O) groups is 1. The van der Waals surface area contributed by atoms with Crippen LogP contribution in [0.1, 0.15) is 21.5 Å². The van der Waals surface area contributed by atoms with Crippen LogP contribution in [0.3, 0.4) is 0 Å². The van der Waals surface area contributed by atoms with E-state index in [1.54, 1.807) is 0 Å². The van der Waals surface area contributed by atoms with Crippen LogP contribution in [0.5, 0.6) is 0 Å². The molecule has 0 unspecified atom stereocenters. The zero-order chi connectivity index (χ0) is 15.7. The molecule has 0 spiro atoms. The molecule has 0 N–H and O–H groups in total. The summed E-state index contributed by atoms with van der Waals surface area (Å²) in [6, 6.07) is 9.67. The minimum atomic E-state index is -4.96. The minimum Gasteiger partial charge on any atom is -0.287 e. The molecule has 2 rings (SSSR count). The van der Waals surface area contributed by atoms with E-state index in [1.165, 1.54) is 18.2 Å². The Hall–Kier alpha value is -2.24. The smallest absolute Gasteiger partial charge is 0.287 e. The van der Waals surface area contributed by atoms with Gasteiger partial charge < -0.3 is 0 Å². The van der Waals surface area contributed by atoms with Crippen LogP contribution in [-0.2, 0) is 12.1 Å². The molecule has 0 saturated carbocycles. The van der Waals surface area contributed by atoms with E-state index in [2.05, 4.69) is 0 Å². The van der Waals surface area contributed by atoms with Crippen molar-refractivity contribution in [1.29, 1.82) is 0 Å². The predicted molar refractivity (Wildman–Crippen MR) is 66.1 cm³/mol. The van der Waals surface area contributed by atoms with E-state index in [4.69, 9.17) is 0 Å². The first-order chi connectivity index (χ1) is 9.74. The molecular formula is C15H9F5O. The van der Waals surface area contributed by atoms with Gasteiger partial charge in [-0.2, -0.15) is 22.0 Å². The molecule has 2 aromatic carbocycles. The average Bonchev–Trinajstić information content (AvgIpc) is 2.46. The fourth-order valence-corrected chi connectivity index (χ4v) is 1.90. The molecule has 0 aromatic heterocycles. The number of benzene rings is 2. The van der Waals surface area contributed by atoms with Crippen molar-refractivity contribution in [2.45, 2.75) is 12.1 Å². The molecule has 0 fully saturated rings. The number of hydrogen-bond acceptors (Lipinski definition) is 1. The summed E-state index contributed by atoms with van der Waals surface area (Å²) in [7, 11) is 0. The average molecular weight is 300 g/mol. The number of rotatable bonds is 3. The number of Topliss-reactive ketones (excluding diaryl/α,β-unsaturated/α-hetero) is 1. The highest BCUT2D eigenvalue weighted by molar-refractivity contribution is 6.02. The van der Waals surface area contributed by atoms with Gasteiger partial charge >= 0.3 is 12.1 Å². The summed E-state index contributed by atoms with van der Waals surface area (Å²) >= 11 is 0. The van der Waals surface area contributed by atoms with Crippen LogP contribution in [0.25, 0.3) is 0 Å². The maximum Gasteiger partial charge on any atom is 0.416 e. The van der Waals surface area contributed by atoms with Gasteiger partial charge in [0, 0.05) is 11.1 Å². The van der Waals surface area contributed by atoms with Gasteiger partial charge in [0.1, 0.15) is 0 Å². The Labute approximate surface area is 117 Å². The van der Waals surface area contributed by atoms with E-state index in [0.717, 1.165) is 24.3 Å². The monoisotopic (exact) mass is 300 g/mol. The standard InChI is InChI=1S/C15H9F5O/c16-14(17,13(21)10-6-2-1-3-7-10)11-8-4-5-9-12(11)15(18,19)20/h1-9H. The van der Waals surface area contributed by atoms with Crippen LogP contribution in [0, 0.1) is 0 Å². The molecule has 6 heteroatoms. The van der Waals surface area contributed by atoms with Crippen LogP contribution in [-0.4, -0.2) is 5.78 Å². The summed E-state index contributed by atoms with van der Waals surface area (Å²) in [6.07, 6.45) is -4.96. The highest BCUT2D eigenvalue weighted by atomic mass is 19.4. The van der Waals surface area contributed by atoms with Gasteiger partial charge in [0.25, 0.3) is 0 Å². The lowest BCUT2D eigenvalue weighted by molar-refractivity contribution is -0.140. The normalized spacial score (nSPS) is 12.2. The zero-order valence-corrected chi connectivity index (χ0v) is 10.5. The highest BCUT2D eigenvalue weighted by Crippen LogP contribution is 2.40. The third-order valence-electron chi connectivity index (χ3n) is 2.89. The van der Waals surface area contributed by atoms with Crippen LogP contribution in [0.2, 0.25) is 0 Å². The van der Waals surface area contributed by atoms with E-state index in [-0.39, 0.29) is 5.56 Å². The molecule has 0 aliphatic heterocycles. The van der Waals surface area contributed by atoms with E-state index in [1.807, 2.05) is 0 Å². The first kappa shape index (κ1) is 15.2. The number of carbonyl (C=O) groups excluding carboxylic acids is 1. The molecule has 0 heterocycles. The summed E-state index contributed by atoms with van der Waals surface area (Å²) < 4.78 is 66.8. The fraction of sp³-hybridized carbons (Fsp3) is 0.133. The zero-order valence-electron chi connectivity index (χ0n) is 10.5. The van der Waals surface area contributed by atoms with Crippen molar-refractivity contribution < 1.29 is 26.7 Å². The Kier molecular flexibility index (Phi) is 3.80. The van der Waals surface area contributed by atoms with Crippen LogP contribution in [0.15, 0.2) is 54.6 Å². The van der Waals surface area contributed by atoms with Crippen molar-refractivity contribution in [3.05, 3.63) is 71.3 Å². The molecule has 0 amide bonds. The van der Waals surface area contributed by atoms with Crippen LogP contribution < -0.4 is 0 Å². The summed E-state index contributed by atoms with van der Waals surface area (Å²) in [5.74, 6) is -5.92. The largest absolute Gasteiger partial charge is 0.416 e. The lowest BCUT2D eigenvalue weighted by Crippen LogP contribution is -2.29. The Bertz CT molecular complexity index is 647. The Morgan fingerprint density at radius 2 is 1.19 bits per heavy atom. The van der Waals surface area contributed by atoms with Crippen molar-refractivity contribution in [2.75, 3.05) is 0 Å². The third kappa shape index (κ3) is 2.94. The molecule has 0 aliphatic carbocycles. The maximum atomic E-state index is 14.2. The third-order valence-corrected chi connectivity index (χ3v) is 2.89. The Morgan fingerprint density at radius 1 is 0.714 bits per heavy atom. The van der Waals surface area contributed by atoms with Gasteiger partial charge in [-0.15, -0.1) is 0 Å². The number of alkyl halides is 5. The first-order valence-electron chi connectivity index (χ1n) is 5.89. The molecule has 21 heavy (non-hydrogen) atoms. The predicted octanol–water partition coefficient (Wildman–Crippen LogP) is 4.68. The van der Waals surface area contributed by atoms with Crippen molar-refractivity contribution in [3.63, 3.8) is 0 Å². The van der Waals surface area contributed by atoms with Crippen molar-refractivity contribution >= 4 is 5.78 Å². The van der Waals surface area contributed by atoms with Gasteiger partial charge in [0.15, 0.2) is 0 Å². The lowest BCUT2D eigenvalue weighted by Gasteiger charge is -2.20. The van der Waals surface area contributed by atoms with E-state index < -0.39 is 29.0 Å². The second-order valence-electron chi connectivity index (χ2n) is 4.31. The topological polar surface area (TPSA) is 17.1 Å². The molecule has 110 valence electrons. The van der Waals surface area contributed by atoms with Crippen molar-refractivity contribution in [1.82, 2.24) is 0 Å². The second-order valence-corrected chi connectivity index (χ2v) is 4.31. The van der Waals surface area contributed by atoms with Gasteiger partial charge in [-0.05, 0) is 6.07 Å². The van der Waals surface area contributed by atoms with Crippen LogP contribution >= 0.6 is 0 Å². The minimum absolute atomic E-state index is 0.348. The quantitative estimate of drug-likeness (QED) is 0.594. The van der Waals surface area contributed by atoms with Crippen molar-refractivity contribution in [3.8, 4) is 0 Å². The van der Waals surface area contributed by atoms with Gasteiger partial charge in [0.05, 0.1) is 5.56 Å². The molecule has 0 aliphatic rings. The van der Waals surface area contributed by atoms with Crippen LogP contribution in [0.4, 0.5) is 22.0 Å². The van der Waals surface area contributed by atoms with Gasteiger partial charge in [-0.1, -0.05) is 48.5 Å². The van der Waals surface area contributed by atoms with Gasteiger partial charge in [0.2, 0.25) is 5.78 Å². The SMILES string of the molecule is O=C(c1ccccc1)C(F)(F)c1ccccc1C(F)(F)F. The Balaban J connectivity index is 2.53.